The van der Waals surface area contributed by atoms with Crippen molar-refractivity contribution < 1.29 is 32.0 Å². The highest BCUT2D eigenvalue weighted by Crippen LogP contribution is 2.29. The highest BCUT2D eigenvalue weighted by molar-refractivity contribution is 5.96. The molecule has 10 nitrogen and oxygen atoms in total. The van der Waals surface area contributed by atoms with Gasteiger partial charge in [0.1, 0.15) is 5.70 Å². The Morgan fingerprint density at radius 1 is 1.22 bits per heavy atom. The Labute approximate surface area is 210 Å². The molecule has 2 atom stereocenters. The lowest BCUT2D eigenvalue weighted by Crippen LogP contribution is -2.55. The van der Waals surface area contributed by atoms with Crippen molar-refractivity contribution in [1.29, 1.82) is 0 Å². The third kappa shape index (κ3) is 5.89. The van der Waals surface area contributed by atoms with Gasteiger partial charge in [0.25, 0.3) is 11.8 Å². The number of likely N-dealkylation sites (N-methyl/N-ethyl adjacent to an activating group) is 1. The number of alkyl halides is 3. The van der Waals surface area contributed by atoms with Crippen LogP contribution in [-0.4, -0.2) is 72.3 Å². The number of allylic oxidation sites excluding steroid dienone is 2. The van der Waals surface area contributed by atoms with Gasteiger partial charge in [-0.3, -0.25) is 9.59 Å². The number of amides is 2. The second-order valence-corrected chi connectivity index (χ2v) is 8.29. The van der Waals surface area contributed by atoms with Crippen LogP contribution in [0.5, 0.6) is 0 Å². The van der Waals surface area contributed by atoms with Gasteiger partial charge in [-0.15, -0.1) is 0 Å². The van der Waals surface area contributed by atoms with Crippen LogP contribution in [0.25, 0.3) is 11.4 Å². The van der Waals surface area contributed by atoms with Crippen LogP contribution < -0.4 is 16.4 Å². The number of hydrogen-bond donors (Lipinski definition) is 3. The van der Waals surface area contributed by atoms with E-state index in [1.807, 2.05) is 6.08 Å². The molecule has 1 aromatic heterocycles. The molecule has 2 aromatic rings. The molecule has 2 aliphatic rings. The van der Waals surface area contributed by atoms with Gasteiger partial charge in [0.15, 0.2) is 0 Å². The largest absolute Gasteiger partial charge is 0.471 e. The number of hydrogen-bond acceptors (Lipinski definition) is 8. The number of morpholine rings is 1. The lowest BCUT2D eigenvalue weighted by Gasteiger charge is -2.36. The number of aromatic nitrogens is 2. The van der Waals surface area contributed by atoms with Gasteiger partial charge < -0.3 is 30.5 Å². The van der Waals surface area contributed by atoms with Crippen LogP contribution in [0.2, 0.25) is 0 Å². The summed E-state index contributed by atoms with van der Waals surface area (Å²) in [6.45, 7) is 1.06. The van der Waals surface area contributed by atoms with Gasteiger partial charge in [-0.2, -0.15) is 18.2 Å². The van der Waals surface area contributed by atoms with E-state index in [1.165, 1.54) is 24.3 Å². The number of halogens is 3. The summed E-state index contributed by atoms with van der Waals surface area (Å²) in [6, 6.07) is 4.85. The quantitative estimate of drug-likeness (QED) is 0.491. The minimum Gasteiger partial charge on any atom is -0.383 e. The fourth-order valence-electron chi connectivity index (χ4n) is 3.96. The zero-order chi connectivity index (χ0) is 26.6. The Hall–Kier alpha value is -3.97. The van der Waals surface area contributed by atoms with E-state index in [4.69, 9.17) is 10.5 Å². The van der Waals surface area contributed by atoms with Crippen molar-refractivity contribution in [2.75, 3.05) is 33.4 Å². The third-order valence-corrected chi connectivity index (χ3v) is 5.88. The molecular weight excluding hydrogens is 493 g/mol. The predicted molar refractivity (Wildman–Crippen MR) is 126 cm³/mol. The Morgan fingerprint density at radius 2 is 1.97 bits per heavy atom. The number of nitrogens with two attached hydrogens (primary N) is 1. The fourth-order valence-corrected chi connectivity index (χ4v) is 3.96. The smallest absolute Gasteiger partial charge is 0.383 e. The molecule has 0 bridgehead atoms. The first kappa shape index (κ1) is 26.1. The monoisotopic (exact) mass is 518 g/mol. The van der Waals surface area contributed by atoms with E-state index in [9.17, 15) is 22.8 Å². The molecule has 2 amide bonds. The second-order valence-electron chi connectivity index (χ2n) is 8.29. The zero-order valence-electron chi connectivity index (χ0n) is 19.8. The van der Waals surface area contributed by atoms with E-state index in [0.29, 0.717) is 24.4 Å². The molecule has 13 heteroatoms. The summed E-state index contributed by atoms with van der Waals surface area (Å²) >= 11 is 0. The number of nitrogens with one attached hydrogen (secondary N) is 2. The topological polar surface area (TPSA) is 136 Å². The predicted octanol–water partition coefficient (Wildman–Crippen LogP) is 1.64. The van der Waals surface area contributed by atoms with Crippen molar-refractivity contribution in [3.05, 3.63) is 71.3 Å². The first-order valence-electron chi connectivity index (χ1n) is 11.4. The van der Waals surface area contributed by atoms with Crippen LogP contribution in [0, 0.1) is 0 Å². The number of nitrogens with zero attached hydrogens (tertiary/aromatic N) is 3. The molecule has 1 aliphatic carbocycles. The number of benzene rings is 1. The van der Waals surface area contributed by atoms with Crippen molar-refractivity contribution in [1.82, 2.24) is 25.7 Å². The maximum absolute atomic E-state index is 13.4. The summed E-state index contributed by atoms with van der Waals surface area (Å²) in [5.74, 6) is -2.38. The van der Waals surface area contributed by atoms with Gasteiger partial charge in [0.05, 0.1) is 25.3 Å². The summed E-state index contributed by atoms with van der Waals surface area (Å²) in [4.78, 5) is 31.1. The van der Waals surface area contributed by atoms with Gasteiger partial charge in [-0.25, -0.2) is 0 Å². The van der Waals surface area contributed by atoms with Crippen molar-refractivity contribution in [2.45, 2.75) is 18.3 Å². The molecule has 2 heterocycles. The molecule has 4 rings (SSSR count). The van der Waals surface area contributed by atoms with Crippen LogP contribution in [-0.2, 0) is 15.7 Å². The molecule has 0 spiro atoms. The van der Waals surface area contributed by atoms with Gasteiger partial charge in [0, 0.05) is 36.8 Å². The van der Waals surface area contributed by atoms with Gasteiger partial charge in [0.2, 0.25) is 5.82 Å². The van der Waals surface area contributed by atoms with E-state index in [2.05, 4.69) is 25.3 Å². The zero-order valence-corrected chi connectivity index (χ0v) is 19.8. The molecule has 1 saturated heterocycles. The first-order valence-corrected chi connectivity index (χ1v) is 11.4. The summed E-state index contributed by atoms with van der Waals surface area (Å²) < 4.78 is 47.8. The molecule has 1 aromatic carbocycles. The maximum Gasteiger partial charge on any atom is 0.471 e. The van der Waals surface area contributed by atoms with E-state index in [1.54, 1.807) is 30.2 Å². The van der Waals surface area contributed by atoms with Crippen molar-refractivity contribution >= 4 is 11.8 Å². The SMILES string of the molecule is CN/C(C(=O)N1CCOCC1CNC(=O)c1ccc(-c2noc(C(F)(F)F)n2)cc1)=C1/C=CC=CC1N. The standard InChI is InChI=1S/C24H25F3N6O4/c1-29-19(17-4-2-3-5-18(17)28)22(35)33-10-11-36-13-16(33)12-30-21(34)15-8-6-14(7-9-15)20-31-23(37-32-20)24(25,26)27/h2-9,16,18,29H,10-13,28H2,1H3,(H,30,34)/b19-17-. The summed E-state index contributed by atoms with van der Waals surface area (Å²) in [5.41, 5.74) is 7.69. The molecule has 0 radical (unpaired) electrons. The summed E-state index contributed by atoms with van der Waals surface area (Å²) in [5, 5.41) is 9.07. The molecule has 2 unspecified atom stereocenters. The molecule has 4 N–H and O–H groups in total. The van der Waals surface area contributed by atoms with Crippen molar-refractivity contribution in [3.63, 3.8) is 0 Å². The average Bonchev–Trinajstić information content (AvgIpc) is 3.40. The minimum atomic E-state index is -4.75. The molecular formula is C24H25F3N6O4. The second kappa shape index (κ2) is 11.0. The number of rotatable bonds is 6. The van der Waals surface area contributed by atoms with Crippen LogP contribution in [0.15, 0.2) is 64.4 Å². The maximum atomic E-state index is 13.4. The van der Waals surface area contributed by atoms with Crippen LogP contribution in [0.4, 0.5) is 13.2 Å². The first-order chi connectivity index (χ1) is 17.7. The molecule has 1 aliphatic heterocycles. The van der Waals surface area contributed by atoms with E-state index < -0.39 is 30.1 Å². The lowest BCUT2D eigenvalue weighted by molar-refractivity contribution is -0.159. The highest BCUT2D eigenvalue weighted by Gasteiger charge is 2.38. The Balaban J connectivity index is 1.41. The summed E-state index contributed by atoms with van der Waals surface area (Å²) in [6.07, 6.45) is 2.45. The Kier molecular flexibility index (Phi) is 7.74. The van der Waals surface area contributed by atoms with Gasteiger partial charge in [-0.05, 0) is 12.1 Å². The van der Waals surface area contributed by atoms with Crippen LogP contribution in [0.3, 0.4) is 0 Å². The Bertz CT molecular complexity index is 1240. The summed E-state index contributed by atoms with van der Waals surface area (Å²) in [7, 11) is 1.65. The minimum absolute atomic E-state index is 0.125. The van der Waals surface area contributed by atoms with Crippen LogP contribution >= 0.6 is 0 Å². The van der Waals surface area contributed by atoms with Gasteiger partial charge >= 0.3 is 12.1 Å². The van der Waals surface area contributed by atoms with E-state index in [0.717, 1.165) is 0 Å². The van der Waals surface area contributed by atoms with Gasteiger partial charge in [-0.1, -0.05) is 41.6 Å². The highest BCUT2D eigenvalue weighted by atomic mass is 19.4. The number of ether oxygens (including phenoxy) is 1. The van der Waals surface area contributed by atoms with Crippen molar-refractivity contribution in [3.8, 4) is 11.4 Å². The van der Waals surface area contributed by atoms with Crippen molar-refractivity contribution in [2.24, 2.45) is 5.73 Å². The van der Waals surface area contributed by atoms with E-state index in [-0.39, 0.29) is 36.0 Å². The third-order valence-electron chi connectivity index (χ3n) is 5.88. The van der Waals surface area contributed by atoms with E-state index >= 15 is 0 Å². The molecule has 1 fully saturated rings. The lowest BCUT2D eigenvalue weighted by atomic mass is 9.99. The molecule has 37 heavy (non-hydrogen) atoms. The van der Waals surface area contributed by atoms with Crippen LogP contribution in [0.1, 0.15) is 16.2 Å². The number of carbonyl (C=O) groups is 2. The fraction of sp³-hybridized carbons (Fsp3) is 0.333. The Morgan fingerprint density at radius 3 is 2.62 bits per heavy atom. The average molecular weight is 518 g/mol. The molecule has 196 valence electrons. The normalized spacial score (nSPS) is 21.1. The molecule has 0 saturated carbocycles. The number of carbonyl (C=O) groups excluding carboxylic acids is 2.